The minimum atomic E-state index is -0.605. The highest BCUT2D eigenvalue weighted by Gasteiger charge is 2.50. The molecule has 2 N–H and O–H groups in total. The van der Waals surface area contributed by atoms with E-state index in [-0.39, 0.29) is 29.8 Å². The van der Waals surface area contributed by atoms with Crippen LogP contribution < -0.4 is 15.0 Å². The zero-order chi connectivity index (χ0) is 25.3. The Morgan fingerprint density at radius 1 is 1.14 bits per heavy atom. The van der Waals surface area contributed by atoms with Gasteiger partial charge in [-0.25, -0.2) is 14.2 Å². The fraction of sp³-hybridized carbons (Fsp3) is 0.519. The molecule has 1 aliphatic carbocycles. The third-order valence-electron chi connectivity index (χ3n) is 7.99. The van der Waals surface area contributed by atoms with Gasteiger partial charge in [0.15, 0.2) is 0 Å². The van der Waals surface area contributed by atoms with E-state index in [1.807, 2.05) is 15.9 Å². The molecule has 0 unspecified atom stereocenters. The number of hydrogen-bond donors (Lipinski definition) is 2. The number of nitrogens with one attached hydrogen (secondary N) is 1. The number of carbonyl (C=O) groups is 2. The first-order valence-electron chi connectivity index (χ1n) is 12.8. The van der Waals surface area contributed by atoms with Crippen molar-refractivity contribution in [3.8, 4) is 17.0 Å². The maximum absolute atomic E-state index is 15.3. The second-order valence-electron chi connectivity index (χ2n) is 10.2. The van der Waals surface area contributed by atoms with Crippen LogP contribution in [0.25, 0.3) is 11.1 Å². The van der Waals surface area contributed by atoms with E-state index in [9.17, 15) is 14.7 Å². The Bertz CT molecular complexity index is 1120. The number of benzene rings is 1. The second kappa shape index (κ2) is 10.0. The van der Waals surface area contributed by atoms with Crippen molar-refractivity contribution < 1.29 is 23.8 Å². The molecule has 9 heteroatoms. The maximum Gasteiger partial charge on any atom is 0.413 e. The number of aliphatic hydroxyl groups excluding tert-OH is 1. The summed E-state index contributed by atoms with van der Waals surface area (Å²) in [5, 5.41) is 12.2. The van der Waals surface area contributed by atoms with Crippen LogP contribution in [-0.2, 0) is 4.79 Å². The molecule has 0 bridgehead atoms. The molecular formula is C27H33FN4O4. The zero-order valence-corrected chi connectivity index (χ0v) is 20.6. The van der Waals surface area contributed by atoms with Crippen molar-refractivity contribution >= 4 is 17.7 Å². The number of hydrogen-bond acceptors (Lipinski definition) is 6. The van der Waals surface area contributed by atoms with E-state index >= 15 is 4.39 Å². The van der Waals surface area contributed by atoms with Crippen molar-refractivity contribution in [2.75, 3.05) is 31.6 Å². The summed E-state index contributed by atoms with van der Waals surface area (Å²) in [6.07, 6.45) is 6.41. The van der Waals surface area contributed by atoms with E-state index in [0.29, 0.717) is 29.9 Å². The number of ether oxygens (including phenoxy) is 1. The number of amides is 2. The van der Waals surface area contributed by atoms with Gasteiger partial charge in [-0.2, -0.15) is 0 Å². The number of halogens is 1. The third kappa shape index (κ3) is 4.76. The lowest BCUT2D eigenvalue weighted by molar-refractivity contribution is -0.139. The molecule has 192 valence electrons. The lowest BCUT2D eigenvalue weighted by atomic mass is 9.78. The summed E-state index contributed by atoms with van der Waals surface area (Å²) < 4.78 is 20.3. The number of likely N-dealkylation sites (tertiary alicyclic amines) is 1. The summed E-state index contributed by atoms with van der Waals surface area (Å²) in [6.45, 7) is 2.00. The van der Waals surface area contributed by atoms with Gasteiger partial charge in [-0.1, -0.05) is 6.07 Å². The lowest BCUT2D eigenvalue weighted by Gasteiger charge is -2.41. The number of nitrogens with zero attached hydrogens (tertiary/aromatic N) is 3. The summed E-state index contributed by atoms with van der Waals surface area (Å²) in [6, 6.07) is 8.63. The Kier molecular flexibility index (Phi) is 6.83. The molecule has 2 saturated heterocycles. The number of anilines is 1. The van der Waals surface area contributed by atoms with E-state index in [2.05, 4.69) is 10.3 Å². The van der Waals surface area contributed by atoms with Crippen molar-refractivity contribution in [1.82, 2.24) is 15.2 Å². The predicted octanol–water partition coefficient (Wildman–Crippen LogP) is 3.73. The highest BCUT2D eigenvalue weighted by Crippen LogP contribution is 2.44. The Balaban J connectivity index is 1.28. The van der Waals surface area contributed by atoms with Gasteiger partial charge in [0.2, 0.25) is 11.8 Å². The molecule has 2 aromatic rings. The topological polar surface area (TPSA) is 95.0 Å². The first-order valence-corrected chi connectivity index (χ1v) is 12.8. The number of piperidine rings is 1. The number of carbonyl (C=O) groups excluding carboxylic acids is 2. The van der Waals surface area contributed by atoms with Gasteiger partial charge in [0.25, 0.3) is 0 Å². The minimum absolute atomic E-state index is 0.161. The Labute approximate surface area is 210 Å². The summed E-state index contributed by atoms with van der Waals surface area (Å²) in [7, 11) is 1.46. The second-order valence-corrected chi connectivity index (χ2v) is 10.2. The Morgan fingerprint density at radius 2 is 1.92 bits per heavy atom. The lowest BCUT2D eigenvalue weighted by Crippen LogP contribution is -2.50. The summed E-state index contributed by atoms with van der Waals surface area (Å²) >= 11 is 0. The molecule has 1 saturated carbocycles. The molecular weight excluding hydrogens is 463 g/mol. The van der Waals surface area contributed by atoms with Crippen LogP contribution in [0.3, 0.4) is 0 Å². The van der Waals surface area contributed by atoms with Crippen molar-refractivity contribution in [2.24, 2.45) is 5.41 Å². The smallest absolute Gasteiger partial charge is 0.393 e. The van der Waals surface area contributed by atoms with Gasteiger partial charge < -0.3 is 25.0 Å². The van der Waals surface area contributed by atoms with Crippen LogP contribution in [0.4, 0.5) is 14.9 Å². The molecule has 1 aromatic heterocycles. The number of aliphatic hydroxyl groups is 1. The van der Waals surface area contributed by atoms with E-state index in [1.165, 1.54) is 13.1 Å². The van der Waals surface area contributed by atoms with Gasteiger partial charge in [-0.05, 0) is 68.7 Å². The van der Waals surface area contributed by atoms with Crippen LogP contribution in [0.15, 0.2) is 36.5 Å². The normalized spacial score (nSPS) is 26.4. The summed E-state index contributed by atoms with van der Waals surface area (Å²) in [5.41, 5.74) is 1.44. The van der Waals surface area contributed by atoms with Crippen LogP contribution in [0.5, 0.6) is 5.88 Å². The predicted molar refractivity (Wildman–Crippen MR) is 133 cm³/mol. The van der Waals surface area contributed by atoms with E-state index in [0.717, 1.165) is 51.5 Å². The molecule has 3 aliphatic rings. The monoisotopic (exact) mass is 496 g/mol. The third-order valence-corrected chi connectivity index (χ3v) is 7.99. The fourth-order valence-corrected chi connectivity index (χ4v) is 5.98. The molecule has 2 amide bonds. The summed E-state index contributed by atoms with van der Waals surface area (Å²) in [4.78, 5) is 33.1. The molecule has 0 radical (unpaired) electrons. The molecule has 1 atom stereocenters. The zero-order valence-electron chi connectivity index (χ0n) is 20.6. The van der Waals surface area contributed by atoms with E-state index < -0.39 is 11.5 Å². The molecule has 36 heavy (non-hydrogen) atoms. The molecule has 8 nitrogen and oxygen atoms in total. The minimum Gasteiger partial charge on any atom is -0.393 e. The quantitative estimate of drug-likeness (QED) is 0.670. The number of pyridine rings is 1. The maximum atomic E-state index is 15.3. The summed E-state index contributed by atoms with van der Waals surface area (Å²) in [5.74, 6) is 0.0306. The SMILES string of the molecule is CNC(=O)Oc1ccc(-c2ccc(N3CCC[C@]4(CCN([C@H]5CC[C@@H](O)CC5)C4=O)C3)c(F)c2)cn1. The highest BCUT2D eigenvalue weighted by atomic mass is 19.1. The van der Waals surface area contributed by atoms with Gasteiger partial charge in [-0.15, -0.1) is 0 Å². The fourth-order valence-electron chi connectivity index (χ4n) is 5.98. The van der Waals surface area contributed by atoms with Crippen molar-refractivity contribution in [2.45, 2.75) is 57.1 Å². The molecule has 3 heterocycles. The first-order chi connectivity index (χ1) is 17.4. The van der Waals surface area contributed by atoms with Crippen LogP contribution in [0.2, 0.25) is 0 Å². The van der Waals surface area contributed by atoms with Gasteiger partial charge in [0.1, 0.15) is 5.82 Å². The highest BCUT2D eigenvalue weighted by molar-refractivity contribution is 5.86. The van der Waals surface area contributed by atoms with Gasteiger partial charge in [0, 0.05) is 50.6 Å². The van der Waals surface area contributed by atoms with Gasteiger partial charge in [0.05, 0.1) is 17.2 Å². The van der Waals surface area contributed by atoms with Crippen LogP contribution >= 0.6 is 0 Å². The molecule has 5 rings (SSSR count). The van der Waals surface area contributed by atoms with Crippen LogP contribution in [0.1, 0.15) is 44.9 Å². The average Bonchev–Trinajstić information content (AvgIpc) is 3.19. The Morgan fingerprint density at radius 3 is 2.61 bits per heavy atom. The standard InChI is InChI=1S/C27H33FN4O4/c1-29-26(35)36-24-10-4-19(16-30-24)18-3-9-23(22(28)15-18)31-13-2-11-27(17-31)12-14-32(25(27)34)20-5-7-21(33)8-6-20/h3-4,9-10,15-16,20-21,33H,2,5-8,11-14,17H2,1H3,(H,29,35)/t20-,21+,27-/m0/s1. The number of aromatic nitrogens is 1. The van der Waals surface area contributed by atoms with Crippen molar-refractivity contribution in [1.29, 1.82) is 0 Å². The molecule has 2 aliphatic heterocycles. The van der Waals surface area contributed by atoms with Gasteiger partial charge >= 0.3 is 6.09 Å². The molecule has 1 spiro atoms. The van der Waals surface area contributed by atoms with Crippen LogP contribution in [0, 0.1) is 11.2 Å². The molecule has 1 aromatic carbocycles. The molecule has 3 fully saturated rings. The van der Waals surface area contributed by atoms with Crippen molar-refractivity contribution in [3.63, 3.8) is 0 Å². The number of rotatable bonds is 4. The Hall–Kier alpha value is -3.20. The van der Waals surface area contributed by atoms with Crippen molar-refractivity contribution in [3.05, 3.63) is 42.3 Å². The average molecular weight is 497 g/mol. The largest absolute Gasteiger partial charge is 0.413 e. The van der Waals surface area contributed by atoms with E-state index in [1.54, 1.807) is 24.4 Å². The van der Waals surface area contributed by atoms with E-state index in [4.69, 9.17) is 4.74 Å². The first kappa shape index (κ1) is 24.5. The van der Waals surface area contributed by atoms with Crippen LogP contribution in [-0.4, -0.2) is 65.8 Å². The van der Waals surface area contributed by atoms with Gasteiger partial charge in [-0.3, -0.25) is 4.79 Å².